The molecule has 0 aromatic heterocycles. The van der Waals surface area contributed by atoms with Crippen molar-refractivity contribution in [3.05, 3.63) is 44.3 Å². The van der Waals surface area contributed by atoms with Gasteiger partial charge in [0.15, 0.2) is 0 Å². The Hall–Kier alpha value is -1.00. The van der Waals surface area contributed by atoms with E-state index in [9.17, 15) is 0 Å². The van der Waals surface area contributed by atoms with Crippen molar-refractivity contribution >= 4 is 54.0 Å². The normalized spacial score (nSPS) is 13.9. The minimum Gasteiger partial charge on any atom is -0.397 e. The maximum Gasteiger partial charge on any atom is 0.0646 e. The lowest BCUT2D eigenvalue weighted by atomic mass is 10.0. The third-order valence-electron chi connectivity index (χ3n) is 2.91. The number of hydrogen-bond acceptors (Lipinski definition) is 2. The zero-order valence-electron chi connectivity index (χ0n) is 8.22. The summed E-state index contributed by atoms with van der Waals surface area (Å²) in [6.07, 6.45) is 0. The molecule has 0 saturated carbocycles. The van der Waals surface area contributed by atoms with E-state index in [2.05, 4.69) is 44.0 Å². The highest BCUT2D eigenvalue weighted by Gasteiger charge is 2.24. The Labute approximate surface area is 110 Å². The number of rotatable bonds is 0. The minimum absolute atomic E-state index is 0.652. The van der Waals surface area contributed by atoms with Crippen LogP contribution in [0.25, 0.3) is 22.2 Å². The molecule has 3 rings (SSSR count). The zero-order chi connectivity index (χ0) is 11.4. The summed E-state index contributed by atoms with van der Waals surface area (Å²) in [7, 11) is 0. The lowest BCUT2D eigenvalue weighted by Gasteiger charge is -2.06. The van der Waals surface area contributed by atoms with Gasteiger partial charge in [0, 0.05) is 25.5 Å². The second-order valence-electron chi connectivity index (χ2n) is 3.77. The lowest BCUT2D eigenvalue weighted by molar-refractivity contribution is 1.52. The molecule has 0 amide bonds. The Bertz CT molecular complexity index is 607. The first-order valence-electron chi connectivity index (χ1n) is 4.78. The van der Waals surface area contributed by atoms with Gasteiger partial charge in [-0.25, -0.2) is 0 Å². The van der Waals surface area contributed by atoms with Crippen LogP contribution in [0.2, 0.25) is 0 Å². The maximum absolute atomic E-state index is 6.06. The first-order chi connectivity index (χ1) is 7.61. The number of benzene rings is 2. The van der Waals surface area contributed by atoms with Crippen LogP contribution < -0.4 is 11.5 Å². The highest BCUT2D eigenvalue weighted by atomic mass is 79.9. The van der Waals surface area contributed by atoms with Gasteiger partial charge < -0.3 is 11.5 Å². The molecule has 2 aromatic carbocycles. The van der Waals surface area contributed by atoms with E-state index >= 15 is 0 Å². The van der Waals surface area contributed by atoms with Crippen LogP contribution >= 0.6 is 31.9 Å². The third-order valence-corrected chi connectivity index (χ3v) is 4.24. The Morgan fingerprint density at radius 1 is 0.750 bits per heavy atom. The standard InChI is InChI=1S/C12H8Br2N2/c13-6-3-1-5-2-4-7(14)10-8(5)9(6)11(15)12(10)16/h1-4H,15-16H2. The van der Waals surface area contributed by atoms with Crippen molar-refractivity contribution in [2.45, 2.75) is 0 Å². The van der Waals surface area contributed by atoms with E-state index in [0.717, 1.165) is 30.8 Å². The highest BCUT2D eigenvalue weighted by Crippen LogP contribution is 2.44. The molecule has 0 heterocycles. The van der Waals surface area contributed by atoms with Crippen LogP contribution in [0.1, 0.15) is 11.1 Å². The van der Waals surface area contributed by atoms with Crippen molar-refractivity contribution in [3.63, 3.8) is 0 Å². The van der Waals surface area contributed by atoms with Gasteiger partial charge in [-0.15, -0.1) is 0 Å². The first-order valence-corrected chi connectivity index (χ1v) is 6.36. The summed E-state index contributed by atoms with van der Waals surface area (Å²) < 4.78 is 1.97. The SMILES string of the molecule is NC1=C(N)c2c(Br)ccc3ccc(Br)c1c23. The van der Waals surface area contributed by atoms with E-state index in [-0.39, 0.29) is 0 Å². The minimum atomic E-state index is 0.652. The van der Waals surface area contributed by atoms with Gasteiger partial charge in [-0.1, -0.05) is 44.0 Å². The van der Waals surface area contributed by atoms with Crippen molar-refractivity contribution in [3.8, 4) is 0 Å². The molecule has 4 heteroatoms. The van der Waals surface area contributed by atoms with Crippen molar-refractivity contribution in [1.82, 2.24) is 0 Å². The predicted molar refractivity (Wildman–Crippen MR) is 74.5 cm³/mol. The molecule has 2 aromatic rings. The van der Waals surface area contributed by atoms with Crippen LogP contribution in [0.4, 0.5) is 0 Å². The Balaban J connectivity index is 2.63. The highest BCUT2D eigenvalue weighted by molar-refractivity contribution is 9.10. The topological polar surface area (TPSA) is 52.0 Å². The van der Waals surface area contributed by atoms with Gasteiger partial charge in [0.25, 0.3) is 0 Å². The molecule has 0 bridgehead atoms. The summed E-state index contributed by atoms with van der Waals surface area (Å²) in [5.74, 6) is 0. The molecule has 0 aliphatic heterocycles. The molecule has 0 fully saturated rings. The van der Waals surface area contributed by atoms with E-state index in [0.29, 0.717) is 11.4 Å². The largest absolute Gasteiger partial charge is 0.397 e. The molecule has 80 valence electrons. The van der Waals surface area contributed by atoms with Crippen molar-refractivity contribution < 1.29 is 0 Å². The molecular weight excluding hydrogens is 332 g/mol. The monoisotopic (exact) mass is 338 g/mol. The smallest absolute Gasteiger partial charge is 0.0646 e. The molecule has 0 atom stereocenters. The van der Waals surface area contributed by atoms with Crippen molar-refractivity contribution in [2.75, 3.05) is 0 Å². The lowest BCUT2D eigenvalue weighted by Crippen LogP contribution is -2.02. The summed E-state index contributed by atoms with van der Waals surface area (Å²) in [4.78, 5) is 0. The zero-order valence-corrected chi connectivity index (χ0v) is 11.4. The predicted octanol–water partition coefficient (Wildman–Crippen LogP) is 3.42. The Kier molecular flexibility index (Phi) is 2.06. The summed E-state index contributed by atoms with van der Waals surface area (Å²) >= 11 is 7.04. The van der Waals surface area contributed by atoms with Crippen LogP contribution in [0.3, 0.4) is 0 Å². The van der Waals surface area contributed by atoms with Gasteiger partial charge in [-0.3, -0.25) is 0 Å². The van der Waals surface area contributed by atoms with Gasteiger partial charge in [-0.2, -0.15) is 0 Å². The van der Waals surface area contributed by atoms with Gasteiger partial charge in [0.1, 0.15) is 0 Å². The van der Waals surface area contributed by atoms with E-state index in [1.807, 2.05) is 12.1 Å². The molecule has 4 N–H and O–H groups in total. The Morgan fingerprint density at radius 3 is 1.62 bits per heavy atom. The van der Waals surface area contributed by atoms with Gasteiger partial charge >= 0.3 is 0 Å². The molecule has 0 saturated heterocycles. The van der Waals surface area contributed by atoms with Crippen LogP contribution in [0.5, 0.6) is 0 Å². The summed E-state index contributed by atoms with van der Waals surface area (Å²) in [5.41, 5.74) is 15.4. The van der Waals surface area contributed by atoms with Gasteiger partial charge in [-0.05, 0) is 17.5 Å². The van der Waals surface area contributed by atoms with Crippen molar-refractivity contribution in [2.24, 2.45) is 11.5 Å². The Morgan fingerprint density at radius 2 is 1.19 bits per heavy atom. The van der Waals surface area contributed by atoms with E-state index in [1.165, 1.54) is 0 Å². The molecule has 2 nitrogen and oxygen atoms in total. The number of hydrogen-bond donors (Lipinski definition) is 2. The summed E-state index contributed by atoms with van der Waals surface area (Å²) in [5, 5.41) is 2.28. The summed E-state index contributed by atoms with van der Waals surface area (Å²) in [6, 6.07) is 8.12. The fourth-order valence-corrected chi connectivity index (χ4v) is 3.25. The van der Waals surface area contributed by atoms with Crippen LogP contribution in [-0.2, 0) is 0 Å². The fourth-order valence-electron chi connectivity index (χ4n) is 2.16. The van der Waals surface area contributed by atoms with Gasteiger partial charge in [0.05, 0.1) is 11.4 Å². The van der Waals surface area contributed by atoms with Crippen LogP contribution in [-0.4, -0.2) is 0 Å². The molecule has 0 radical (unpaired) electrons. The summed E-state index contributed by atoms with van der Waals surface area (Å²) in [6.45, 7) is 0. The third kappa shape index (κ3) is 1.11. The molecule has 0 unspecified atom stereocenters. The fraction of sp³-hybridized carbons (Fsp3) is 0. The van der Waals surface area contributed by atoms with E-state index in [4.69, 9.17) is 11.5 Å². The molecular formula is C12H8Br2N2. The van der Waals surface area contributed by atoms with Crippen molar-refractivity contribution in [1.29, 1.82) is 0 Å². The van der Waals surface area contributed by atoms with Gasteiger partial charge in [0.2, 0.25) is 0 Å². The second-order valence-corrected chi connectivity index (χ2v) is 5.48. The maximum atomic E-state index is 6.06. The number of nitrogens with two attached hydrogens (primary N) is 2. The average Bonchev–Trinajstić information content (AvgIpc) is 2.53. The van der Waals surface area contributed by atoms with E-state index < -0.39 is 0 Å². The molecule has 1 aliphatic rings. The van der Waals surface area contributed by atoms with E-state index in [1.54, 1.807) is 0 Å². The first kappa shape index (κ1) is 10.2. The van der Waals surface area contributed by atoms with Crippen LogP contribution in [0, 0.1) is 0 Å². The molecule has 1 aliphatic carbocycles. The average molecular weight is 340 g/mol. The molecule has 0 spiro atoms. The molecule has 16 heavy (non-hydrogen) atoms. The second kappa shape index (κ2) is 3.25. The number of halogens is 2. The van der Waals surface area contributed by atoms with Crippen LogP contribution in [0.15, 0.2) is 33.2 Å². The quantitative estimate of drug-likeness (QED) is 0.772.